The number of halogens is 3. The molecule has 14 heavy (non-hydrogen) atoms. The third-order valence-electron chi connectivity index (χ3n) is 2.53. The highest BCUT2D eigenvalue weighted by molar-refractivity contribution is 6.30. The Hall–Kier alpha value is -0.670. The molecule has 0 aliphatic heterocycles. The van der Waals surface area contributed by atoms with Gasteiger partial charge in [-0.1, -0.05) is 11.6 Å². The van der Waals surface area contributed by atoms with Gasteiger partial charge in [0.05, 0.1) is 5.02 Å². The molecule has 0 radical (unpaired) electrons. The molecule has 0 bridgehead atoms. The Morgan fingerprint density at radius 2 is 1.93 bits per heavy atom. The van der Waals surface area contributed by atoms with Crippen molar-refractivity contribution in [1.29, 1.82) is 0 Å². The van der Waals surface area contributed by atoms with Gasteiger partial charge in [0.1, 0.15) is 11.6 Å². The van der Waals surface area contributed by atoms with Gasteiger partial charge in [-0.2, -0.15) is 0 Å². The molecular formula is C10H10ClF2N. The minimum Gasteiger partial charge on any atom is -0.324 e. The molecule has 0 heterocycles. The Kier molecular flexibility index (Phi) is 2.45. The minimum atomic E-state index is -0.612. The van der Waals surface area contributed by atoms with Crippen molar-refractivity contribution in [1.82, 2.24) is 0 Å². The van der Waals surface area contributed by atoms with Crippen LogP contribution < -0.4 is 5.73 Å². The van der Waals surface area contributed by atoms with Crippen molar-refractivity contribution in [3.05, 3.63) is 34.4 Å². The Labute approximate surface area is 85.9 Å². The van der Waals surface area contributed by atoms with Gasteiger partial charge in [0, 0.05) is 11.6 Å². The summed E-state index contributed by atoms with van der Waals surface area (Å²) in [5.74, 6) is -0.833. The van der Waals surface area contributed by atoms with Crippen molar-refractivity contribution in [2.45, 2.75) is 18.9 Å². The van der Waals surface area contributed by atoms with Crippen LogP contribution in [0.4, 0.5) is 8.78 Å². The Morgan fingerprint density at radius 1 is 1.29 bits per heavy atom. The first kappa shape index (κ1) is 9.87. The van der Waals surface area contributed by atoms with E-state index in [4.69, 9.17) is 17.3 Å². The lowest BCUT2D eigenvalue weighted by Crippen LogP contribution is -2.14. The summed E-state index contributed by atoms with van der Waals surface area (Å²) < 4.78 is 26.4. The summed E-state index contributed by atoms with van der Waals surface area (Å²) in [5.41, 5.74) is 6.00. The zero-order valence-corrected chi connectivity index (χ0v) is 8.19. The smallest absolute Gasteiger partial charge is 0.142 e. The zero-order chi connectivity index (χ0) is 10.3. The summed E-state index contributed by atoms with van der Waals surface area (Å²) in [6.07, 6.45) is 1.98. The summed E-state index contributed by atoms with van der Waals surface area (Å²) in [7, 11) is 0. The highest BCUT2D eigenvalue weighted by Crippen LogP contribution is 2.40. The number of hydrogen-bond acceptors (Lipinski definition) is 1. The van der Waals surface area contributed by atoms with E-state index in [2.05, 4.69) is 0 Å². The van der Waals surface area contributed by atoms with Crippen LogP contribution in [0, 0.1) is 17.6 Å². The van der Waals surface area contributed by atoms with Gasteiger partial charge in [-0.15, -0.1) is 0 Å². The van der Waals surface area contributed by atoms with Gasteiger partial charge in [0.15, 0.2) is 0 Å². The normalized spacial score (nSPS) is 18.3. The summed E-state index contributed by atoms with van der Waals surface area (Å²) in [6, 6.07) is 1.68. The Balaban J connectivity index is 2.36. The van der Waals surface area contributed by atoms with Gasteiger partial charge in [-0.3, -0.25) is 0 Å². The second-order valence-electron chi connectivity index (χ2n) is 3.65. The highest BCUT2D eigenvalue weighted by Gasteiger charge is 2.31. The van der Waals surface area contributed by atoms with E-state index in [1.807, 2.05) is 0 Å². The first-order chi connectivity index (χ1) is 6.59. The molecule has 76 valence electrons. The maximum atomic E-state index is 13.3. The van der Waals surface area contributed by atoms with Crippen LogP contribution in [-0.2, 0) is 0 Å². The van der Waals surface area contributed by atoms with Crippen molar-refractivity contribution in [2.75, 3.05) is 0 Å². The van der Waals surface area contributed by atoms with Crippen molar-refractivity contribution >= 4 is 11.6 Å². The molecule has 1 unspecified atom stereocenters. The largest absolute Gasteiger partial charge is 0.324 e. The summed E-state index contributed by atoms with van der Waals surface area (Å²) in [4.78, 5) is 0. The second kappa shape index (κ2) is 3.48. The molecule has 1 saturated carbocycles. The van der Waals surface area contributed by atoms with Crippen LogP contribution in [0.5, 0.6) is 0 Å². The number of nitrogens with two attached hydrogens (primary N) is 1. The average molecular weight is 218 g/mol. The molecule has 0 saturated heterocycles. The third-order valence-corrected chi connectivity index (χ3v) is 2.82. The first-order valence-electron chi connectivity index (χ1n) is 4.49. The van der Waals surface area contributed by atoms with E-state index in [9.17, 15) is 8.78 Å². The van der Waals surface area contributed by atoms with Crippen LogP contribution in [0.25, 0.3) is 0 Å². The van der Waals surface area contributed by atoms with Crippen LogP contribution in [0.1, 0.15) is 24.4 Å². The fraction of sp³-hybridized carbons (Fsp3) is 0.400. The standard InChI is InChI=1S/C10H10ClF2N/c11-7-4-8(12)6(3-9(7)13)10(14)5-1-2-5/h3-5,10H,1-2,14H2. The van der Waals surface area contributed by atoms with Gasteiger partial charge in [0.2, 0.25) is 0 Å². The SMILES string of the molecule is NC(c1cc(F)c(Cl)cc1F)C1CC1. The third kappa shape index (κ3) is 1.74. The molecule has 1 aromatic rings. The molecule has 1 fully saturated rings. The van der Waals surface area contributed by atoms with E-state index in [0.717, 1.165) is 25.0 Å². The van der Waals surface area contributed by atoms with E-state index in [1.54, 1.807) is 0 Å². The van der Waals surface area contributed by atoms with Gasteiger partial charge in [-0.25, -0.2) is 8.78 Å². The quantitative estimate of drug-likeness (QED) is 0.758. The fourth-order valence-electron chi connectivity index (χ4n) is 1.50. The molecule has 1 aliphatic rings. The summed E-state index contributed by atoms with van der Waals surface area (Å²) >= 11 is 5.43. The van der Waals surface area contributed by atoms with E-state index in [-0.39, 0.29) is 10.6 Å². The van der Waals surface area contributed by atoms with Crippen LogP contribution in [0.15, 0.2) is 12.1 Å². The fourth-order valence-corrected chi connectivity index (χ4v) is 1.65. The molecular weight excluding hydrogens is 208 g/mol. The van der Waals surface area contributed by atoms with E-state index in [0.29, 0.717) is 5.92 Å². The summed E-state index contributed by atoms with van der Waals surface area (Å²) in [5, 5.41) is -0.200. The molecule has 1 atom stereocenters. The number of rotatable bonds is 2. The van der Waals surface area contributed by atoms with E-state index < -0.39 is 17.7 Å². The molecule has 2 N–H and O–H groups in total. The topological polar surface area (TPSA) is 26.0 Å². The molecule has 0 aromatic heterocycles. The van der Waals surface area contributed by atoms with Crippen molar-refractivity contribution in [2.24, 2.45) is 11.7 Å². The molecule has 1 aliphatic carbocycles. The highest BCUT2D eigenvalue weighted by atomic mass is 35.5. The average Bonchev–Trinajstić information content (AvgIpc) is 2.93. The van der Waals surface area contributed by atoms with Crippen LogP contribution in [0.2, 0.25) is 5.02 Å². The van der Waals surface area contributed by atoms with Gasteiger partial charge < -0.3 is 5.73 Å². The van der Waals surface area contributed by atoms with Crippen molar-refractivity contribution < 1.29 is 8.78 Å². The van der Waals surface area contributed by atoms with Crippen LogP contribution in [-0.4, -0.2) is 0 Å². The predicted octanol–water partition coefficient (Wildman–Crippen LogP) is 3.03. The Bertz CT molecular complexity index is 363. The molecule has 4 heteroatoms. The van der Waals surface area contributed by atoms with Crippen molar-refractivity contribution in [3.8, 4) is 0 Å². The number of benzene rings is 1. The molecule has 1 aromatic carbocycles. The predicted molar refractivity (Wildman–Crippen MR) is 51.0 cm³/mol. The monoisotopic (exact) mass is 217 g/mol. The first-order valence-corrected chi connectivity index (χ1v) is 4.87. The van der Waals surface area contributed by atoms with Gasteiger partial charge in [-0.05, 0) is 30.9 Å². The van der Waals surface area contributed by atoms with E-state index in [1.165, 1.54) is 0 Å². The maximum Gasteiger partial charge on any atom is 0.142 e. The lowest BCUT2D eigenvalue weighted by molar-refractivity contribution is 0.540. The lowest BCUT2D eigenvalue weighted by Gasteiger charge is -2.12. The molecule has 1 nitrogen and oxygen atoms in total. The maximum absolute atomic E-state index is 13.3. The van der Waals surface area contributed by atoms with Gasteiger partial charge in [0.25, 0.3) is 0 Å². The minimum absolute atomic E-state index is 0.200. The molecule has 0 spiro atoms. The van der Waals surface area contributed by atoms with Crippen molar-refractivity contribution in [3.63, 3.8) is 0 Å². The summed E-state index contributed by atoms with van der Waals surface area (Å²) in [6.45, 7) is 0. The molecule has 0 amide bonds. The second-order valence-corrected chi connectivity index (χ2v) is 4.06. The van der Waals surface area contributed by atoms with Crippen LogP contribution >= 0.6 is 11.6 Å². The molecule has 2 rings (SSSR count). The van der Waals surface area contributed by atoms with Gasteiger partial charge >= 0.3 is 0 Å². The number of hydrogen-bond donors (Lipinski definition) is 1. The Morgan fingerprint density at radius 3 is 2.50 bits per heavy atom. The van der Waals surface area contributed by atoms with Crippen LogP contribution in [0.3, 0.4) is 0 Å². The lowest BCUT2D eigenvalue weighted by atomic mass is 10.0. The van der Waals surface area contributed by atoms with E-state index >= 15 is 0 Å². The zero-order valence-electron chi connectivity index (χ0n) is 7.43.